The minimum absolute atomic E-state index is 0.335. The van der Waals surface area contributed by atoms with Gasteiger partial charge in [-0.05, 0) is 17.7 Å². The van der Waals surface area contributed by atoms with Gasteiger partial charge in [0.1, 0.15) is 5.70 Å². The molecule has 0 bridgehead atoms. The second-order valence-electron chi connectivity index (χ2n) is 6.34. The van der Waals surface area contributed by atoms with Crippen molar-refractivity contribution in [2.45, 2.75) is 12.2 Å². The molecule has 0 fully saturated rings. The van der Waals surface area contributed by atoms with Gasteiger partial charge in [-0.1, -0.05) is 42.5 Å². The van der Waals surface area contributed by atoms with Gasteiger partial charge in [0.05, 0.1) is 23.9 Å². The standard InChI is InChI=1S/C20H16F3N3O/c21-20(22,23)14-8-4-7-13(11-14)17-15-16(12-5-2-1-3-6-12)24-9-10-25-18(15)19(27)26-17/h1-8,11,17,25H,9-10H2,(H,26,27). The maximum Gasteiger partial charge on any atom is 0.416 e. The molecule has 27 heavy (non-hydrogen) atoms. The molecule has 1 unspecified atom stereocenters. The van der Waals surface area contributed by atoms with E-state index in [9.17, 15) is 18.0 Å². The fourth-order valence-electron chi connectivity index (χ4n) is 3.39. The number of carbonyl (C=O) groups is 1. The summed E-state index contributed by atoms with van der Waals surface area (Å²) >= 11 is 0. The molecule has 0 saturated carbocycles. The Morgan fingerprint density at radius 2 is 1.81 bits per heavy atom. The van der Waals surface area contributed by atoms with Crippen LogP contribution in [0.2, 0.25) is 0 Å². The van der Waals surface area contributed by atoms with E-state index in [1.807, 2.05) is 30.3 Å². The zero-order chi connectivity index (χ0) is 19.0. The number of alkyl halides is 3. The van der Waals surface area contributed by atoms with Crippen LogP contribution < -0.4 is 10.6 Å². The van der Waals surface area contributed by atoms with E-state index in [4.69, 9.17) is 0 Å². The topological polar surface area (TPSA) is 53.5 Å². The summed E-state index contributed by atoms with van der Waals surface area (Å²) in [4.78, 5) is 17.1. The summed E-state index contributed by atoms with van der Waals surface area (Å²) in [5, 5.41) is 5.86. The predicted molar refractivity (Wildman–Crippen MR) is 95.2 cm³/mol. The van der Waals surface area contributed by atoms with Crippen LogP contribution in [0.3, 0.4) is 0 Å². The molecule has 2 aliphatic heterocycles. The van der Waals surface area contributed by atoms with Crippen molar-refractivity contribution in [1.29, 1.82) is 0 Å². The Morgan fingerprint density at radius 1 is 1.04 bits per heavy atom. The molecule has 2 aromatic carbocycles. The number of benzene rings is 2. The molecule has 0 aromatic heterocycles. The second kappa shape index (κ2) is 6.57. The SMILES string of the molecule is O=C1NC(c2cccc(C(F)(F)F)c2)C2=C1NCCN=C2c1ccccc1. The molecule has 0 spiro atoms. The van der Waals surface area contributed by atoms with Gasteiger partial charge in [0, 0.05) is 17.7 Å². The first-order valence-corrected chi connectivity index (χ1v) is 8.51. The van der Waals surface area contributed by atoms with E-state index < -0.39 is 17.8 Å². The monoisotopic (exact) mass is 371 g/mol. The van der Waals surface area contributed by atoms with E-state index >= 15 is 0 Å². The van der Waals surface area contributed by atoms with Crippen LogP contribution in [-0.2, 0) is 11.0 Å². The Morgan fingerprint density at radius 3 is 2.56 bits per heavy atom. The van der Waals surface area contributed by atoms with Crippen LogP contribution in [0.25, 0.3) is 0 Å². The van der Waals surface area contributed by atoms with Gasteiger partial charge in [-0.3, -0.25) is 9.79 Å². The Bertz CT molecular complexity index is 948. The molecule has 138 valence electrons. The molecule has 2 aliphatic rings. The van der Waals surface area contributed by atoms with Gasteiger partial charge < -0.3 is 10.6 Å². The molecule has 0 radical (unpaired) electrons. The van der Waals surface area contributed by atoms with Crippen molar-refractivity contribution in [2.75, 3.05) is 13.1 Å². The first-order chi connectivity index (χ1) is 12.9. The number of hydrogen-bond donors (Lipinski definition) is 2. The third kappa shape index (κ3) is 3.20. The number of rotatable bonds is 2. The van der Waals surface area contributed by atoms with E-state index in [1.165, 1.54) is 6.07 Å². The zero-order valence-electron chi connectivity index (χ0n) is 14.2. The van der Waals surface area contributed by atoms with E-state index in [0.717, 1.165) is 17.7 Å². The Hall–Kier alpha value is -3.09. The largest absolute Gasteiger partial charge is 0.416 e. The van der Waals surface area contributed by atoms with Gasteiger partial charge in [0.25, 0.3) is 5.91 Å². The highest BCUT2D eigenvalue weighted by atomic mass is 19.4. The van der Waals surface area contributed by atoms with Crippen LogP contribution in [-0.4, -0.2) is 24.7 Å². The number of carbonyl (C=O) groups excluding carboxylic acids is 1. The predicted octanol–water partition coefficient (Wildman–Crippen LogP) is 3.22. The van der Waals surface area contributed by atoms with Crippen molar-refractivity contribution in [3.05, 3.63) is 82.6 Å². The van der Waals surface area contributed by atoms with Crippen LogP contribution in [0.1, 0.15) is 22.7 Å². The highest BCUT2D eigenvalue weighted by molar-refractivity contribution is 6.19. The first-order valence-electron chi connectivity index (χ1n) is 8.51. The zero-order valence-corrected chi connectivity index (χ0v) is 14.2. The summed E-state index contributed by atoms with van der Waals surface area (Å²) in [6.07, 6.45) is -4.45. The molecule has 1 amide bonds. The number of nitrogens with zero attached hydrogens (tertiary/aromatic N) is 1. The Kier molecular flexibility index (Phi) is 4.22. The van der Waals surface area contributed by atoms with Gasteiger partial charge >= 0.3 is 6.18 Å². The summed E-state index contributed by atoms with van der Waals surface area (Å²) in [6.45, 7) is 0.956. The van der Waals surface area contributed by atoms with Gasteiger partial charge in [0.15, 0.2) is 0 Å². The molecule has 0 aliphatic carbocycles. The van der Waals surface area contributed by atoms with Gasteiger partial charge in [-0.25, -0.2) is 0 Å². The highest BCUT2D eigenvalue weighted by Gasteiger charge is 2.38. The fraction of sp³-hybridized carbons (Fsp3) is 0.200. The minimum atomic E-state index is -4.45. The van der Waals surface area contributed by atoms with Gasteiger partial charge in [-0.2, -0.15) is 13.2 Å². The van der Waals surface area contributed by atoms with Crippen LogP contribution >= 0.6 is 0 Å². The summed E-state index contributed by atoms with van der Waals surface area (Å²) in [5.74, 6) is -0.335. The molecule has 0 saturated heterocycles. The fourth-order valence-corrected chi connectivity index (χ4v) is 3.39. The Labute approximate surface area is 153 Å². The van der Waals surface area contributed by atoms with Crippen molar-refractivity contribution < 1.29 is 18.0 Å². The summed E-state index contributed by atoms with van der Waals surface area (Å²) < 4.78 is 39.4. The molecule has 4 rings (SSSR count). The third-order valence-electron chi connectivity index (χ3n) is 4.59. The number of hydrogen-bond acceptors (Lipinski definition) is 3. The molecule has 2 heterocycles. The lowest BCUT2D eigenvalue weighted by Crippen LogP contribution is -2.28. The number of aliphatic imine (C=N–C) groups is 1. The van der Waals surface area contributed by atoms with Gasteiger partial charge in [-0.15, -0.1) is 0 Å². The lowest BCUT2D eigenvalue weighted by molar-refractivity contribution is -0.137. The van der Waals surface area contributed by atoms with E-state index in [2.05, 4.69) is 15.6 Å². The number of amides is 1. The van der Waals surface area contributed by atoms with Crippen molar-refractivity contribution in [3.8, 4) is 0 Å². The van der Waals surface area contributed by atoms with E-state index in [-0.39, 0.29) is 5.91 Å². The maximum absolute atomic E-state index is 13.1. The Balaban J connectivity index is 1.83. The highest BCUT2D eigenvalue weighted by Crippen LogP contribution is 2.36. The molecular formula is C20H16F3N3O. The molecule has 1 atom stereocenters. The third-order valence-corrected chi connectivity index (χ3v) is 4.59. The molecule has 4 nitrogen and oxygen atoms in total. The van der Waals surface area contributed by atoms with Crippen LogP contribution in [0.5, 0.6) is 0 Å². The summed E-state index contributed by atoms with van der Waals surface area (Å²) in [7, 11) is 0. The van der Waals surface area contributed by atoms with Crippen LogP contribution in [0.15, 0.2) is 70.9 Å². The van der Waals surface area contributed by atoms with Gasteiger partial charge in [0.2, 0.25) is 0 Å². The molecule has 2 N–H and O–H groups in total. The number of nitrogens with one attached hydrogen (secondary N) is 2. The smallest absolute Gasteiger partial charge is 0.378 e. The molecular weight excluding hydrogens is 355 g/mol. The van der Waals surface area contributed by atoms with E-state index in [0.29, 0.717) is 35.6 Å². The van der Waals surface area contributed by atoms with Crippen molar-refractivity contribution in [3.63, 3.8) is 0 Å². The molecule has 7 heteroatoms. The molecule has 2 aromatic rings. The summed E-state index contributed by atoms with van der Waals surface area (Å²) in [6, 6.07) is 13.7. The van der Waals surface area contributed by atoms with Crippen LogP contribution in [0, 0.1) is 0 Å². The normalized spacial score (nSPS) is 19.7. The lowest BCUT2D eigenvalue weighted by atomic mass is 9.91. The summed E-state index contributed by atoms with van der Waals surface area (Å²) in [5.41, 5.74) is 2.03. The van der Waals surface area contributed by atoms with Crippen molar-refractivity contribution >= 4 is 11.6 Å². The lowest BCUT2D eigenvalue weighted by Gasteiger charge is -2.19. The average molecular weight is 371 g/mol. The van der Waals surface area contributed by atoms with E-state index in [1.54, 1.807) is 6.07 Å². The second-order valence-corrected chi connectivity index (χ2v) is 6.34. The number of halogens is 3. The maximum atomic E-state index is 13.1. The quantitative estimate of drug-likeness (QED) is 0.852. The average Bonchev–Trinajstić information content (AvgIpc) is 2.85. The minimum Gasteiger partial charge on any atom is -0.378 e. The van der Waals surface area contributed by atoms with Crippen molar-refractivity contribution in [2.24, 2.45) is 4.99 Å². The first kappa shape index (κ1) is 17.3. The van der Waals surface area contributed by atoms with Crippen molar-refractivity contribution in [1.82, 2.24) is 10.6 Å². The van der Waals surface area contributed by atoms with Crippen LogP contribution in [0.4, 0.5) is 13.2 Å².